The van der Waals surface area contributed by atoms with Crippen LogP contribution in [-0.4, -0.2) is 24.0 Å². The number of hydrogen-bond acceptors (Lipinski definition) is 3. The second-order valence-electron chi connectivity index (χ2n) is 5.94. The van der Waals surface area contributed by atoms with Gasteiger partial charge in [-0.15, -0.1) is 0 Å². The summed E-state index contributed by atoms with van der Waals surface area (Å²) in [5.41, 5.74) is 1.25. The molecule has 102 valence electrons. The van der Waals surface area contributed by atoms with Crippen molar-refractivity contribution < 1.29 is 4.42 Å². The van der Waals surface area contributed by atoms with Crippen molar-refractivity contribution in [1.82, 2.24) is 10.2 Å². The fourth-order valence-electron chi connectivity index (χ4n) is 2.57. The molecule has 0 amide bonds. The van der Waals surface area contributed by atoms with Crippen molar-refractivity contribution >= 4 is 0 Å². The minimum atomic E-state index is 0.520. The Kier molecular flexibility index (Phi) is 4.84. The summed E-state index contributed by atoms with van der Waals surface area (Å²) >= 11 is 0. The third kappa shape index (κ3) is 4.14. The predicted molar refractivity (Wildman–Crippen MR) is 74.4 cm³/mol. The SMILES string of the molecule is CC1CCCN(Cc2cc(CNC(C)C)co2)C1. The lowest BCUT2D eigenvalue weighted by Crippen LogP contribution is -2.33. The zero-order chi connectivity index (χ0) is 13.0. The van der Waals surface area contributed by atoms with Crippen molar-refractivity contribution in [2.75, 3.05) is 13.1 Å². The maximum absolute atomic E-state index is 5.65. The number of nitrogens with zero attached hydrogens (tertiary/aromatic N) is 1. The summed E-state index contributed by atoms with van der Waals surface area (Å²) in [7, 11) is 0. The molecule has 1 aliphatic heterocycles. The van der Waals surface area contributed by atoms with Crippen molar-refractivity contribution in [3.8, 4) is 0 Å². The zero-order valence-electron chi connectivity index (χ0n) is 11.9. The molecular weight excluding hydrogens is 224 g/mol. The van der Waals surface area contributed by atoms with Gasteiger partial charge in [0.2, 0.25) is 0 Å². The summed E-state index contributed by atoms with van der Waals surface area (Å²) in [6.45, 7) is 11.0. The molecule has 1 aromatic rings. The summed E-state index contributed by atoms with van der Waals surface area (Å²) in [5.74, 6) is 1.93. The van der Waals surface area contributed by atoms with Crippen molar-refractivity contribution in [3.63, 3.8) is 0 Å². The van der Waals surface area contributed by atoms with Gasteiger partial charge in [-0.3, -0.25) is 4.90 Å². The Hall–Kier alpha value is -0.800. The van der Waals surface area contributed by atoms with Crippen molar-refractivity contribution in [1.29, 1.82) is 0 Å². The van der Waals surface area contributed by atoms with E-state index in [1.54, 1.807) is 0 Å². The molecular formula is C15H26N2O. The van der Waals surface area contributed by atoms with Crippen LogP contribution < -0.4 is 5.32 Å². The standard InChI is InChI=1S/C15H26N2O/c1-12(2)16-8-14-7-15(18-11-14)10-17-6-4-5-13(3)9-17/h7,11-13,16H,4-6,8-10H2,1-3H3. The quantitative estimate of drug-likeness (QED) is 0.871. The molecule has 2 heterocycles. The van der Waals surface area contributed by atoms with Gasteiger partial charge in [0.05, 0.1) is 12.8 Å². The third-order valence-electron chi connectivity index (χ3n) is 3.54. The highest BCUT2D eigenvalue weighted by Gasteiger charge is 2.17. The first kappa shape index (κ1) is 13.6. The first-order valence-corrected chi connectivity index (χ1v) is 7.15. The highest BCUT2D eigenvalue weighted by molar-refractivity contribution is 5.12. The predicted octanol–water partition coefficient (Wildman–Crippen LogP) is 3.01. The Bertz CT molecular complexity index is 359. The van der Waals surface area contributed by atoms with Gasteiger partial charge in [-0.1, -0.05) is 20.8 Å². The Morgan fingerprint density at radius 2 is 2.33 bits per heavy atom. The monoisotopic (exact) mass is 250 g/mol. The Morgan fingerprint density at radius 3 is 3.06 bits per heavy atom. The second kappa shape index (κ2) is 6.39. The lowest BCUT2D eigenvalue weighted by Gasteiger charge is -2.29. The molecule has 0 aromatic carbocycles. The van der Waals surface area contributed by atoms with Crippen molar-refractivity contribution in [3.05, 3.63) is 23.7 Å². The van der Waals surface area contributed by atoms with Gasteiger partial charge in [-0.05, 0) is 31.4 Å². The Balaban J connectivity index is 1.82. The fraction of sp³-hybridized carbons (Fsp3) is 0.733. The number of likely N-dealkylation sites (tertiary alicyclic amines) is 1. The van der Waals surface area contributed by atoms with Gasteiger partial charge in [-0.2, -0.15) is 0 Å². The van der Waals surface area contributed by atoms with Gasteiger partial charge in [0.25, 0.3) is 0 Å². The Morgan fingerprint density at radius 1 is 1.50 bits per heavy atom. The van der Waals surface area contributed by atoms with E-state index in [1.165, 1.54) is 31.5 Å². The van der Waals surface area contributed by atoms with Crippen LogP contribution in [0.25, 0.3) is 0 Å². The van der Waals surface area contributed by atoms with Crippen LogP contribution in [0.3, 0.4) is 0 Å². The molecule has 0 aliphatic carbocycles. The van der Waals surface area contributed by atoms with E-state index in [1.807, 2.05) is 6.26 Å². The number of nitrogens with one attached hydrogen (secondary N) is 1. The third-order valence-corrected chi connectivity index (χ3v) is 3.54. The highest BCUT2D eigenvalue weighted by Crippen LogP contribution is 2.18. The van der Waals surface area contributed by atoms with Crippen molar-refractivity contribution in [2.45, 2.75) is 52.7 Å². The molecule has 1 aliphatic rings. The summed E-state index contributed by atoms with van der Waals surface area (Å²) in [4.78, 5) is 2.51. The first-order chi connectivity index (χ1) is 8.63. The topological polar surface area (TPSA) is 28.4 Å². The van der Waals surface area contributed by atoms with E-state index in [9.17, 15) is 0 Å². The van der Waals surface area contributed by atoms with Crippen LogP contribution in [-0.2, 0) is 13.1 Å². The van der Waals surface area contributed by atoms with Crippen molar-refractivity contribution in [2.24, 2.45) is 5.92 Å². The van der Waals surface area contributed by atoms with Crippen LogP contribution in [0, 0.1) is 5.92 Å². The van der Waals surface area contributed by atoms with Crippen LogP contribution in [0.15, 0.2) is 16.7 Å². The zero-order valence-corrected chi connectivity index (χ0v) is 11.9. The molecule has 0 spiro atoms. The summed E-state index contributed by atoms with van der Waals surface area (Å²) in [6, 6.07) is 2.71. The average Bonchev–Trinajstić information content (AvgIpc) is 2.74. The molecule has 1 fully saturated rings. The molecule has 3 nitrogen and oxygen atoms in total. The minimum Gasteiger partial charge on any atom is -0.468 e. The summed E-state index contributed by atoms with van der Waals surface area (Å²) in [5, 5.41) is 3.41. The highest BCUT2D eigenvalue weighted by atomic mass is 16.3. The van der Waals surface area contributed by atoms with Crippen LogP contribution in [0.5, 0.6) is 0 Å². The number of hydrogen-bond donors (Lipinski definition) is 1. The molecule has 0 bridgehead atoms. The van der Waals surface area contributed by atoms with E-state index in [4.69, 9.17) is 4.42 Å². The molecule has 0 saturated carbocycles. The molecule has 1 atom stereocenters. The normalized spacial score (nSPS) is 21.7. The van der Waals surface area contributed by atoms with Gasteiger partial charge in [0.15, 0.2) is 0 Å². The lowest BCUT2D eigenvalue weighted by molar-refractivity contribution is 0.165. The van der Waals surface area contributed by atoms with Gasteiger partial charge in [0, 0.05) is 24.7 Å². The number of rotatable bonds is 5. The van der Waals surface area contributed by atoms with Crippen LogP contribution in [0.2, 0.25) is 0 Å². The van der Waals surface area contributed by atoms with Gasteiger partial charge in [-0.25, -0.2) is 0 Å². The molecule has 18 heavy (non-hydrogen) atoms. The van der Waals surface area contributed by atoms with Gasteiger partial charge in [0.1, 0.15) is 5.76 Å². The molecule has 1 saturated heterocycles. The maximum Gasteiger partial charge on any atom is 0.118 e. The van der Waals surface area contributed by atoms with Crippen LogP contribution >= 0.6 is 0 Å². The second-order valence-corrected chi connectivity index (χ2v) is 5.94. The number of furan rings is 1. The summed E-state index contributed by atoms with van der Waals surface area (Å²) in [6.07, 6.45) is 4.58. The first-order valence-electron chi connectivity index (χ1n) is 7.15. The van der Waals surface area contributed by atoms with Crippen LogP contribution in [0.4, 0.5) is 0 Å². The molecule has 2 rings (SSSR count). The van der Waals surface area contributed by atoms with Gasteiger partial charge < -0.3 is 9.73 Å². The molecule has 1 aromatic heterocycles. The fourth-order valence-corrected chi connectivity index (χ4v) is 2.57. The number of piperidine rings is 1. The van der Waals surface area contributed by atoms with E-state index >= 15 is 0 Å². The van der Waals surface area contributed by atoms with E-state index in [-0.39, 0.29) is 0 Å². The molecule has 1 N–H and O–H groups in total. The minimum absolute atomic E-state index is 0.520. The van der Waals surface area contributed by atoms with E-state index < -0.39 is 0 Å². The largest absolute Gasteiger partial charge is 0.468 e. The molecule has 1 unspecified atom stereocenters. The lowest BCUT2D eigenvalue weighted by atomic mass is 10.0. The average molecular weight is 250 g/mol. The van der Waals surface area contributed by atoms with Crippen LogP contribution in [0.1, 0.15) is 44.9 Å². The summed E-state index contributed by atoms with van der Waals surface area (Å²) < 4.78 is 5.65. The smallest absolute Gasteiger partial charge is 0.118 e. The molecule has 0 radical (unpaired) electrons. The molecule has 3 heteroatoms. The van der Waals surface area contributed by atoms with E-state index in [0.717, 1.165) is 24.8 Å². The van der Waals surface area contributed by atoms with E-state index in [2.05, 4.69) is 37.1 Å². The van der Waals surface area contributed by atoms with E-state index in [0.29, 0.717) is 6.04 Å². The Labute approximate surface area is 111 Å². The van der Waals surface area contributed by atoms with Gasteiger partial charge >= 0.3 is 0 Å². The maximum atomic E-state index is 5.65.